The number of aromatic nitrogens is 2. The first kappa shape index (κ1) is 20.7. The molecule has 4 rings (SSSR count). The van der Waals surface area contributed by atoms with E-state index in [0.29, 0.717) is 17.8 Å². The van der Waals surface area contributed by atoms with Crippen molar-refractivity contribution in [3.63, 3.8) is 0 Å². The molecule has 1 saturated heterocycles. The molecule has 0 spiro atoms. The van der Waals surface area contributed by atoms with Gasteiger partial charge in [-0.3, -0.25) is 19.6 Å². The van der Waals surface area contributed by atoms with Crippen LogP contribution >= 0.6 is 0 Å². The first-order chi connectivity index (χ1) is 15.2. The fourth-order valence-corrected chi connectivity index (χ4v) is 4.00. The van der Waals surface area contributed by atoms with Gasteiger partial charge in [-0.15, -0.1) is 0 Å². The van der Waals surface area contributed by atoms with E-state index in [2.05, 4.69) is 9.97 Å². The molecule has 7 nitrogen and oxygen atoms in total. The van der Waals surface area contributed by atoms with E-state index >= 15 is 0 Å². The maximum absolute atomic E-state index is 13.3. The van der Waals surface area contributed by atoms with Gasteiger partial charge in [-0.25, -0.2) is 0 Å². The second-order valence-corrected chi connectivity index (χ2v) is 7.53. The number of rotatable bonds is 5. The average molecular weight is 416 g/mol. The highest BCUT2D eigenvalue weighted by molar-refractivity contribution is 5.94. The second-order valence-electron chi connectivity index (χ2n) is 7.53. The van der Waals surface area contributed by atoms with Crippen LogP contribution in [0.2, 0.25) is 0 Å². The molecule has 0 radical (unpaired) electrons. The smallest absolute Gasteiger partial charge is 0.255 e. The molecule has 2 aromatic heterocycles. The summed E-state index contributed by atoms with van der Waals surface area (Å²) in [5.74, 6) is -0.556. The van der Waals surface area contributed by atoms with Crippen LogP contribution in [0.3, 0.4) is 0 Å². The number of hydrogen-bond donors (Lipinski definition) is 1. The van der Waals surface area contributed by atoms with E-state index in [1.54, 1.807) is 46.6 Å². The van der Waals surface area contributed by atoms with Crippen LogP contribution in [-0.4, -0.2) is 62.6 Å². The van der Waals surface area contributed by atoms with Gasteiger partial charge in [-0.1, -0.05) is 36.4 Å². The fraction of sp³-hybridized carbons (Fsp3) is 0.250. The van der Waals surface area contributed by atoms with Crippen LogP contribution < -0.4 is 0 Å². The van der Waals surface area contributed by atoms with Crippen molar-refractivity contribution in [1.29, 1.82) is 0 Å². The summed E-state index contributed by atoms with van der Waals surface area (Å²) in [5.41, 5.74) is 2.13. The topological polar surface area (TPSA) is 86.6 Å². The SMILES string of the molecule is O=C(Cc1ccccn1)N1C[C@H](c2ccccc2)C(CO)N(C(=O)c2ccncc2)C1. The maximum Gasteiger partial charge on any atom is 0.255 e. The highest BCUT2D eigenvalue weighted by atomic mass is 16.3. The van der Waals surface area contributed by atoms with Gasteiger partial charge in [0.05, 0.1) is 25.7 Å². The third-order valence-corrected chi connectivity index (χ3v) is 5.62. The molecule has 1 aliphatic rings. The number of carbonyl (C=O) groups excluding carboxylic acids is 2. The Hall–Kier alpha value is -3.58. The molecule has 1 aromatic carbocycles. The van der Waals surface area contributed by atoms with Gasteiger partial charge in [-0.05, 0) is 29.8 Å². The molecular formula is C24H24N4O3. The number of aliphatic hydroxyl groups is 1. The monoisotopic (exact) mass is 416 g/mol. The van der Waals surface area contributed by atoms with E-state index in [-0.39, 0.29) is 37.4 Å². The minimum atomic E-state index is -0.443. The van der Waals surface area contributed by atoms with Gasteiger partial charge in [-0.2, -0.15) is 0 Å². The average Bonchev–Trinajstić information content (AvgIpc) is 2.84. The fourth-order valence-electron chi connectivity index (χ4n) is 4.00. The number of amides is 2. The molecule has 2 atom stereocenters. The van der Waals surface area contributed by atoms with E-state index in [4.69, 9.17) is 0 Å². The van der Waals surface area contributed by atoms with Gasteiger partial charge in [0, 0.05) is 42.3 Å². The third kappa shape index (κ3) is 4.62. The van der Waals surface area contributed by atoms with Crippen molar-refractivity contribution in [2.24, 2.45) is 0 Å². The summed E-state index contributed by atoms with van der Waals surface area (Å²) >= 11 is 0. The predicted molar refractivity (Wildman–Crippen MR) is 115 cm³/mol. The van der Waals surface area contributed by atoms with Crippen LogP contribution in [0, 0.1) is 0 Å². The minimum absolute atomic E-state index is 0.108. The zero-order valence-corrected chi connectivity index (χ0v) is 17.0. The summed E-state index contributed by atoms with van der Waals surface area (Å²) in [6.45, 7) is 0.334. The summed E-state index contributed by atoms with van der Waals surface area (Å²) in [7, 11) is 0. The lowest BCUT2D eigenvalue weighted by Crippen LogP contribution is -2.59. The Morgan fingerprint density at radius 1 is 0.968 bits per heavy atom. The van der Waals surface area contributed by atoms with Gasteiger partial charge < -0.3 is 14.9 Å². The Morgan fingerprint density at radius 3 is 2.39 bits per heavy atom. The van der Waals surface area contributed by atoms with Crippen molar-refractivity contribution < 1.29 is 14.7 Å². The zero-order valence-electron chi connectivity index (χ0n) is 17.0. The molecule has 0 aliphatic carbocycles. The van der Waals surface area contributed by atoms with Gasteiger partial charge >= 0.3 is 0 Å². The minimum Gasteiger partial charge on any atom is -0.394 e. The van der Waals surface area contributed by atoms with Crippen LogP contribution in [0.15, 0.2) is 79.3 Å². The lowest BCUT2D eigenvalue weighted by atomic mass is 9.88. The summed E-state index contributed by atoms with van der Waals surface area (Å²) in [6, 6.07) is 18.0. The summed E-state index contributed by atoms with van der Waals surface area (Å²) in [4.78, 5) is 37.9. The molecule has 2 amide bonds. The highest BCUT2D eigenvalue weighted by Crippen LogP contribution is 2.30. The van der Waals surface area contributed by atoms with Crippen LogP contribution in [0.4, 0.5) is 0 Å². The third-order valence-electron chi connectivity index (χ3n) is 5.62. The van der Waals surface area contributed by atoms with Crippen LogP contribution in [0.25, 0.3) is 0 Å². The summed E-state index contributed by atoms with van der Waals surface area (Å²) in [5, 5.41) is 10.2. The zero-order chi connectivity index (χ0) is 21.6. The number of hydrogen-bond acceptors (Lipinski definition) is 5. The number of aliphatic hydroxyl groups excluding tert-OH is 1. The van der Waals surface area contributed by atoms with Gasteiger partial charge in [0.2, 0.25) is 5.91 Å². The highest BCUT2D eigenvalue weighted by Gasteiger charge is 2.39. The van der Waals surface area contributed by atoms with Crippen molar-refractivity contribution in [2.45, 2.75) is 18.4 Å². The number of carbonyl (C=O) groups is 2. The first-order valence-electron chi connectivity index (χ1n) is 10.2. The van der Waals surface area contributed by atoms with Crippen molar-refractivity contribution in [3.05, 3.63) is 96.1 Å². The van der Waals surface area contributed by atoms with Crippen LogP contribution in [0.5, 0.6) is 0 Å². The maximum atomic E-state index is 13.3. The quantitative estimate of drug-likeness (QED) is 0.688. The first-order valence-corrected chi connectivity index (χ1v) is 10.2. The molecule has 0 bridgehead atoms. The summed E-state index contributed by atoms with van der Waals surface area (Å²) in [6.07, 6.45) is 4.93. The lowest BCUT2D eigenvalue weighted by molar-refractivity contribution is -0.136. The molecule has 31 heavy (non-hydrogen) atoms. The molecule has 158 valence electrons. The van der Waals surface area contributed by atoms with Crippen molar-refractivity contribution in [1.82, 2.24) is 19.8 Å². The second kappa shape index (κ2) is 9.49. The largest absolute Gasteiger partial charge is 0.394 e. The Morgan fingerprint density at radius 2 is 1.71 bits per heavy atom. The Kier molecular flexibility index (Phi) is 6.33. The predicted octanol–water partition coefficient (Wildman–Crippen LogP) is 2.11. The molecule has 1 fully saturated rings. The van der Waals surface area contributed by atoms with Gasteiger partial charge in [0.25, 0.3) is 5.91 Å². The summed E-state index contributed by atoms with van der Waals surface area (Å²) < 4.78 is 0. The van der Waals surface area contributed by atoms with Crippen LogP contribution in [0.1, 0.15) is 27.5 Å². The van der Waals surface area contributed by atoms with E-state index in [1.165, 1.54) is 0 Å². The standard InChI is InChI=1S/C24H24N4O3/c29-16-22-21(18-6-2-1-3-7-18)15-27(23(30)14-20-8-4-5-11-26-20)17-28(22)24(31)19-9-12-25-13-10-19/h1-13,21-22,29H,14-17H2/t21-,22?/m1/s1. The normalized spacial score (nSPS) is 18.6. The Labute approximate surface area is 181 Å². The molecule has 3 aromatic rings. The molecule has 0 saturated carbocycles. The van der Waals surface area contributed by atoms with Gasteiger partial charge in [0.1, 0.15) is 0 Å². The van der Waals surface area contributed by atoms with E-state index in [1.807, 2.05) is 42.5 Å². The Balaban J connectivity index is 1.65. The van der Waals surface area contributed by atoms with E-state index < -0.39 is 6.04 Å². The molecular weight excluding hydrogens is 392 g/mol. The molecule has 1 unspecified atom stereocenters. The number of pyridine rings is 2. The van der Waals surface area contributed by atoms with Crippen LogP contribution in [-0.2, 0) is 11.2 Å². The van der Waals surface area contributed by atoms with E-state index in [0.717, 1.165) is 5.56 Å². The molecule has 1 aliphatic heterocycles. The molecule has 7 heteroatoms. The lowest BCUT2D eigenvalue weighted by Gasteiger charge is -2.46. The number of nitrogens with zero attached hydrogens (tertiary/aromatic N) is 4. The molecule has 1 N–H and O–H groups in total. The van der Waals surface area contributed by atoms with E-state index in [9.17, 15) is 14.7 Å². The number of benzene rings is 1. The van der Waals surface area contributed by atoms with Crippen molar-refractivity contribution in [2.75, 3.05) is 19.8 Å². The van der Waals surface area contributed by atoms with Crippen molar-refractivity contribution in [3.8, 4) is 0 Å². The van der Waals surface area contributed by atoms with Gasteiger partial charge in [0.15, 0.2) is 0 Å². The van der Waals surface area contributed by atoms with Crippen molar-refractivity contribution >= 4 is 11.8 Å². The molecule has 3 heterocycles. The Bertz CT molecular complexity index is 1010.